The van der Waals surface area contributed by atoms with Crippen molar-refractivity contribution in [3.05, 3.63) is 29.8 Å². The molecule has 0 amide bonds. The first-order chi connectivity index (χ1) is 9.35. The zero-order valence-corrected chi connectivity index (χ0v) is 12.8. The summed E-state index contributed by atoms with van der Waals surface area (Å²) in [5, 5.41) is 3.72. The quantitative estimate of drug-likeness (QED) is 0.818. The van der Waals surface area contributed by atoms with Crippen LogP contribution in [0.25, 0.3) is 0 Å². The fourth-order valence-electron chi connectivity index (χ4n) is 2.61. The maximum atomic E-state index is 5.52. The number of benzene rings is 1. The molecular weight excluding hydrogens is 254 g/mol. The Balaban J connectivity index is 2.07. The van der Waals surface area contributed by atoms with Crippen molar-refractivity contribution in [2.75, 3.05) is 24.7 Å². The number of thioether (sulfide) groups is 1. The molecule has 0 radical (unpaired) electrons. The van der Waals surface area contributed by atoms with E-state index in [1.54, 1.807) is 0 Å². The summed E-state index contributed by atoms with van der Waals surface area (Å²) in [5.41, 5.74) is 1.41. The molecule has 1 aliphatic rings. The zero-order chi connectivity index (χ0) is 13.5. The van der Waals surface area contributed by atoms with Crippen LogP contribution in [0.3, 0.4) is 0 Å². The number of hydrogen-bond acceptors (Lipinski definition) is 3. The van der Waals surface area contributed by atoms with Gasteiger partial charge in [-0.15, -0.1) is 0 Å². The van der Waals surface area contributed by atoms with Gasteiger partial charge in [-0.1, -0.05) is 19.1 Å². The smallest absolute Gasteiger partial charge is 0.119 e. The summed E-state index contributed by atoms with van der Waals surface area (Å²) in [6.07, 6.45) is 2.52. The van der Waals surface area contributed by atoms with E-state index < -0.39 is 0 Å². The monoisotopic (exact) mass is 279 g/mol. The highest BCUT2D eigenvalue weighted by Crippen LogP contribution is 2.34. The number of nitrogens with one attached hydrogen (secondary N) is 1. The largest absolute Gasteiger partial charge is 0.494 e. The fraction of sp³-hybridized carbons (Fsp3) is 0.625. The molecule has 1 N–H and O–H groups in total. The molecule has 0 aliphatic carbocycles. The molecule has 2 atom stereocenters. The molecule has 3 heteroatoms. The van der Waals surface area contributed by atoms with E-state index in [0.717, 1.165) is 24.8 Å². The lowest BCUT2D eigenvalue weighted by molar-refractivity contribution is 0.339. The maximum Gasteiger partial charge on any atom is 0.119 e. The van der Waals surface area contributed by atoms with E-state index in [-0.39, 0.29) is 0 Å². The highest BCUT2D eigenvalue weighted by Gasteiger charge is 2.26. The Hall–Kier alpha value is -0.670. The van der Waals surface area contributed by atoms with Crippen LogP contribution in [0.4, 0.5) is 0 Å². The lowest BCUT2D eigenvalue weighted by Gasteiger charge is -2.25. The Labute approximate surface area is 121 Å². The van der Waals surface area contributed by atoms with Crippen LogP contribution >= 0.6 is 11.8 Å². The van der Waals surface area contributed by atoms with E-state index in [2.05, 4.69) is 48.3 Å². The van der Waals surface area contributed by atoms with Crippen LogP contribution in [0, 0.1) is 5.92 Å². The van der Waals surface area contributed by atoms with Crippen molar-refractivity contribution in [2.45, 2.75) is 32.7 Å². The van der Waals surface area contributed by atoms with Crippen LogP contribution in [0.15, 0.2) is 24.3 Å². The van der Waals surface area contributed by atoms with Crippen molar-refractivity contribution in [1.29, 1.82) is 0 Å². The fourth-order valence-corrected chi connectivity index (χ4v) is 3.91. The minimum Gasteiger partial charge on any atom is -0.494 e. The first kappa shape index (κ1) is 14.7. The van der Waals surface area contributed by atoms with E-state index in [9.17, 15) is 0 Å². The molecule has 2 rings (SSSR count). The molecule has 1 heterocycles. The van der Waals surface area contributed by atoms with Crippen molar-refractivity contribution in [2.24, 2.45) is 5.92 Å². The van der Waals surface area contributed by atoms with Gasteiger partial charge in [-0.2, -0.15) is 11.8 Å². The Morgan fingerprint density at radius 3 is 2.68 bits per heavy atom. The van der Waals surface area contributed by atoms with Gasteiger partial charge in [-0.25, -0.2) is 0 Å². The molecule has 0 aromatic heterocycles. The summed E-state index contributed by atoms with van der Waals surface area (Å²) < 4.78 is 5.52. The standard InChI is InChI=1S/C16H25NOS/c1-3-10-17-16(14-9-11-19-12-14)13-5-7-15(8-6-13)18-4-2/h5-8,14,16-17H,3-4,9-12H2,1-2H3. The van der Waals surface area contributed by atoms with Crippen molar-refractivity contribution in [3.63, 3.8) is 0 Å². The van der Waals surface area contributed by atoms with Gasteiger partial charge < -0.3 is 10.1 Å². The predicted octanol–water partition coefficient (Wildman–Crippen LogP) is 3.88. The molecule has 1 fully saturated rings. The minimum absolute atomic E-state index is 0.505. The summed E-state index contributed by atoms with van der Waals surface area (Å²) in [5.74, 6) is 4.34. The molecular formula is C16H25NOS. The molecule has 106 valence electrons. The Kier molecular flexibility index (Phi) is 6.05. The Morgan fingerprint density at radius 1 is 1.32 bits per heavy atom. The number of hydrogen-bond donors (Lipinski definition) is 1. The average Bonchev–Trinajstić information content (AvgIpc) is 2.95. The SMILES string of the molecule is CCCNC(c1ccc(OCC)cc1)C1CCSC1. The first-order valence-corrected chi connectivity index (χ1v) is 8.54. The topological polar surface area (TPSA) is 21.3 Å². The van der Waals surface area contributed by atoms with Crippen molar-refractivity contribution < 1.29 is 4.74 Å². The summed E-state index contributed by atoms with van der Waals surface area (Å²) in [6, 6.07) is 9.15. The molecule has 1 aromatic carbocycles. The summed E-state index contributed by atoms with van der Waals surface area (Å²) in [6.45, 7) is 6.08. The lowest BCUT2D eigenvalue weighted by Crippen LogP contribution is -2.29. The second-order valence-corrected chi connectivity index (χ2v) is 6.21. The molecule has 0 bridgehead atoms. The molecule has 0 spiro atoms. The average molecular weight is 279 g/mol. The van der Waals surface area contributed by atoms with Gasteiger partial charge in [0.25, 0.3) is 0 Å². The van der Waals surface area contributed by atoms with Crippen molar-refractivity contribution in [1.82, 2.24) is 5.32 Å². The molecule has 19 heavy (non-hydrogen) atoms. The number of rotatable bonds is 7. The van der Waals surface area contributed by atoms with Gasteiger partial charge >= 0.3 is 0 Å². The normalized spacial score (nSPS) is 20.4. The second-order valence-electron chi connectivity index (χ2n) is 5.06. The van der Waals surface area contributed by atoms with E-state index in [1.165, 1.54) is 29.9 Å². The minimum atomic E-state index is 0.505. The number of ether oxygens (including phenoxy) is 1. The zero-order valence-electron chi connectivity index (χ0n) is 12.0. The van der Waals surface area contributed by atoms with Gasteiger partial charge in [-0.3, -0.25) is 0 Å². The molecule has 1 aromatic rings. The van der Waals surface area contributed by atoms with E-state index in [1.807, 2.05) is 6.92 Å². The molecule has 1 aliphatic heterocycles. The third-order valence-electron chi connectivity index (χ3n) is 3.60. The Bertz CT molecular complexity index is 360. The lowest BCUT2D eigenvalue weighted by atomic mass is 9.92. The third kappa shape index (κ3) is 4.15. The van der Waals surface area contributed by atoms with Crippen molar-refractivity contribution >= 4 is 11.8 Å². The first-order valence-electron chi connectivity index (χ1n) is 7.39. The highest BCUT2D eigenvalue weighted by molar-refractivity contribution is 7.99. The predicted molar refractivity (Wildman–Crippen MR) is 84.1 cm³/mol. The molecule has 1 saturated heterocycles. The van der Waals surface area contributed by atoms with Crippen LogP contribution in [-0.4, -0.2) is 24.7 Å². The molecule has 2 unspecified atom stereocenters. The van der Waals surface area contributed by atoms with Gasteiger partial charge in [0.1, 0.15) is 5.75 Å². The van der Waals surface area contributed by atoms with Crippen molar-refractivity contribution in [3.8, 4) is 5.75 Å². The van der Waals surface area contributed by atoms with E-state index in [4.69, 9.17) is 4.74 Å². The third-order valence-corrected chi connectivity index (χ3v) is 4.79. The molecule has 2 nitrogen and oxygen atoms in total. The van der Waals surface area contributed by atoms with E-state index in [0.29, 0.717) is 6.04 Å². The summed E-state index contributed by atoms with van der Waals surface area (Å²) >= 11 is 2.09. The van der Waals surface area contributed by atoms with Crippen LogP contribution < -0.4 is 10.1 Å². The van der Waals surface area contributed by atoms with Crippen LogP contribution in [0.1, 0.15) is 38.3 Å². The molecule has 0 saturated carbocycles. The Morgan fingerprint density at radius 2 is 2.11 bits per heavy atom. The van der Waals surface area contributed by atoms with Gasteiger partial charge in [0.2, 0.25) is 0 Å². The van der Waals surface area contributed by atoms with Crippen LogP contribution in [0.5, 0.6) is 5.75 Å². The van der Waals surface area contributed by atoms with Gasteiger partial charge in [0.05, 0.1) is 6.61 Å². The van der Waals surface area contributed by atoms with Crippen LogP contribution in [0.2, 0.25) is 0 Å². The summed E-state index contributed by atoms with van der Waals surface area (Å²) in [7, 11) is 0. The van der Waals surface area contributed by atoms with E-state index >= 15 is 0 Å². The maximum absolute atomic E-state index is 5.52. The van der Waals surface area contributed by atoms with Crippen LogP contribution in [-0.2, 0) is 0 Å². The summed E-state index contributed by atoms with van der Waals surface area (Å²) in [4.78, 5) is 0. The highest BCUT2D eigenvalue weighted by atomic mass is 32.2. The van der Waals surface area contributed by atoms with Gasteiger partial charge in [-0.05, 0) is 61.4 Å². The van der Waals surface area contributed by atoms with Gasteiger partial charge in [0.15, 0.2) is 0 Å². The second kappa shape index (κ2) is 7.81. The van der Waals surface area contributed by atoms with Gasteiger partial charge in [0, 0.05) is 6.04 Å².